The van der Waals surface area contributed by atoms with Crippen LogP contribution in [0.1, 0.15) is 29.6 Å². The van der Waals surface area contributed by atoms with Gasteiger partial charge in [-0.15, -0.1) is 0 Å². The molecule has 0 spiro atoms. The topological polar surface area (TPSA) is 46.3 Å². The Kier molecular flexibility index (Phi) is 4.97. The summed E-state index contributed by atoms with van der Waals surface area (Å²) in [5.41, 5.74) is 6.20. The standard InChI is InChI=1S/C13H14Br2N2OS/c14-9-5-8(6-10(15)7-9)13(18)17(11-1-2-11)4-3-12(16)19/h5-7,11H,1-4H2,(H2,16,19). The molecule has 1 fully saturated rings. The number of nitrogens with two attached hydrogens (primary N) is 1. The second-order valence-corrected chi connectivity index (χ2v) is 6.96. The molecule has 0 aromatic heterocycles. The van der Waals surface area contributed by atoms with Gasteiger partial charge in [0, 0.05) is 33.5 Å². The number of benzene rings is 1. The van der Waals surface area contributed by atoms with E-state index in [1.807, 2.05) is 23.1 Å². The molecule has 2 rings (SSSR count). The largest absolute Gasteiger partial charge is 0.393 e. The summed E-state index contributed by atoms with van der Waals surface area (Å²) in [5, 5.41) is 0. The number of nitrogens with zero attached hydrogens (tertiary/aromatic N) is 1. The lowest BCUT2D eigenvalue weighted by Crippen LogP contribution is -2.35. The van der Waals surface area contributed by atoms with Crippen LogP contribution in [0.5, 0.6) is 0 Å². The summed E-state index contributed by atoms with van der Waals surface area (Å²) in [4.78, 5) is 14.9. The molecule has 0 radical (unpaired) electrons. The van der Waals surface area contributed by atoms with Crippen molar-refractivity contribution in [3.8, 4) is 0 Å². The highest BCUT2D eigenvalue weighted by molar-refractivity contribution is 9.11. The molecule has 0 bridgehead atoms. The molecule has 1 aromatic rings. The Hall–Kier alpha value is -0.460. The number of carbonyl (C=O) groups excluding carboxylic acids is 1. The molecule has 0 atom stereocenters. The number of carbonyl (C=O) groups is 1. The number of rotatable bonds is 5. The molecule has 1 saturated carbocycles. The summed E-state index contributed by atoms with van der Waals surface area (Å²) < 4.78 is 1.77. The molecular formula is C13H14Br2N2OS. The van der Waals surface area contributed by atoms with Gasteiger partial charge in [0.25, 0.3) is 5.91 Å². The fourth-order valence-electron chi connectivity index (χ4n) is 1.91. The lowest BCUT2D eigenvalue weighted by atomic mass is 10.2. The zero-order chi connectivity index (χ0) is 14.0. The van der Waals surface area contributed by atoms with Gasteiger partial charge in [-0.05, 0) is 31.0 Å². The van der Waals surface area contributed by atoms with Gasteiger partial charge in [-0.25, -0.2) is 0 Å². The molecule has 3 nitrogen and oxygen atoms in total. The molecule has 2 N–H and O–H groups in total. The van der Waals surface area contributed by atoms with E-state index < -0.39 is 0 Å². The minimum Gasteiger partial charge on any atom is -0.393 e. The highest BCUT2D eigenvalue weighted by atomic mass is 79.9. The Labute approximate surface area is 134 Å². The zero-order valence-electron chi connectivity index (χ0n) is 10.2. The Morgan fingerprint density at radius 3 is 2.37 bits per heavy atom. The van der Waals surface area contributed by atoms with Gasteiger partial charge >= 0.3 is 0 Å². The maximum atomic E-state index is 12.5. The summed E-state index contributed by atoms with van der Waals surface area (Å²) in [6.07, 6.45) is 2.71. The summed E-state index contributed by atoms with van der Waals surface area (Å²) in [5.74, 6) is 0.0424. The average molecular weight is 406 g/mol. The van der Waals surface area contributed by atoms with Crippen LogP contribution >= 0.6 is 44.1 Å². The summed E-state index contributed by atoms with van der Waals surface area (Å²) in [6, 6.07) is 5.93. The third-order valence-electron chi connectivity index (χ3n) is 2.96. The Balaban J connectivity index is 2.16. The van der Waals surface area contributed by atoms with E-state index in [9.17, 15) is 4.79 Å². The lowest BCUT2D eigenvalue weighted by molar-refractivity contribution is 0.0748. The first kappa shape index (κ1) is 14.9. The smallest absolute Gasteiger partial charge is 0.254 e. The van der Waals surface area contributed by atoms with Crippen molar-refractivity contribution in [1.82, 2.24) is 4.90 Å². The highest BCUT2D eigenvalue weighted by Crippen LogP contribution is 2.29. The van der Waals surface area contributed by atoms with Gasteiger partial charge in [-0.1, -0.05) is 44.1 Å². The van der Waals surface area contributed by atoms with Crippen LogP contribution in [0, 0.1) is 0 Å². The van der Waals surface area contributed by atoms with Crippen molar-refractivity contribution in [2.45, 2.75) is 25.3 Å². The molecule has 0 unspecified atom stereocenters. The van der Waals surface area contributed by atoms with Gasteiger partial charge < -0.3 is 10.6 Å². The second-order valence-electron chi connectivity index (χ2n) is 4.60. The van der Waals surface area contributed by atoms with Crippen LogP contribution in [0.25, 0.3) is 0 Å². The number of thiocarbonyl (C=S) groups is 1. The van der Waals surface area contributed by atoms with Gasteiger partial charge in [-0.2, -0.15) is 0 Å². The van der Waals surface area contributed by atoms with E-state index in [1.165, 1.54) is 0 Å². The van der Waals surface area contributed by atoms with E-state index in [0.717, 1.165) is 21.8 Å². The van der Waals surface area contributed by atoms with Crippen LogP contribution in [-0.4, -0.2) is 28.4 Å². The fourth-order valence-corrected chi connectivity index (χ4v) is 3.29. The van der Waals surface area contributed by atoms with Crippen molar-refractivity contribution in [1.29, 1.82) is 0 Å². The Morgan fingerprint density at radius 2 is 1.89 bits per heavy atom. The normalized spacial score (nSPS) is 14.2. The average Bonchev–Trinajstić information content (AvgIpc) is 3.11. The second kappa shape index (κ2) is 6.33. The molecule has 6 heteroatoms. The van der Waals surface area contributed by atoms with Crippen molar-refractivity contribution in [2.24, 2.45) is 5.73 Å². The fraction of sp³-hybridized carbons (Fsp3) is 0.385. The quantitative estimate of drug-likeness (QED) is 0.762. The minimum atomic E-state index is 0.0424. The van der Waals surface area contributed by atoms with E-state index in [2.05, 4.69) is 31.9 Å². The van der Waals surface area contributed by atoms with Crippen LogP contribution < -0.4 is 5.73 Å². The van der Waals surface area contributed by atoms with E-state index in [1.54, 1.807) is 0 Å². The van der Waals surface area contributed by atoms with E-state index >= 15 is 0 Å². The zero-order valence-corrected chi connectivity index (χ0v) is 14.2. The summed E-state index contributed by atoms with van der Waals surface area (Å²) in [6.45, 7) is 0.600. The van der Waals surface area contributed by atoms with E-state index in [0.29, 0.717) is 29.6 Å². The lowest BCUT2D eigenvalue weighted by Gasteiger charge is -2.22. The maximum Gasteiger partial charge on any atom is 0.254 e. The number of halogens is 2. The van der Waals surface area contributed by atoms with Gasteiger partial charge in [0.05, 0.1) is 4.99 Å². The number of amides is 1. The molecule has 1 aromatic carbocycles. The monoisotopic (exact) mass is 404 g/mol. The third kappa shape index (κ3) is 4.26. The molecule has 102 valence electrons. The van der Waals surface area contributed by atoms with Crippen LogP contribution in [-0.2, 0) is 0 Å². The molecule has 0 heterocycles. The molecule has 0 saturated heterocycles. The Bertz CT molecular complexity index is 497. The van der Waals surface area contributed by atoms with Gasteiger partial charge in [0.2, 0.25) is 0 Å². The maximum absolute atomic E-state index is 12.5. The predicted molar refractivity (Wildman–Crippen MR) is 87.3 cm³/mol. The molecule has 19 heavy (non-hydrogen) atoms. The SMILES string of the molecule is NC(=S)CCN(C(=O)c1cc(Br)cc(Br)c1)C1CC1. The first-order valence-corrected chi connectivity index (χ1v) is 8.02. The van der Waals surface area contributed by atoms with Crippen LogP contribution in [0.3, 0.4) is 0 Å². The minimum absolute atomic E-state index is 0.0424. The van der Waals surface area contributed by atoms with Crippen LogP contribution in [0.2, 0.25) is 0 Å². The summed E-state index contributed by atoms with van der Waals surface area (Å²) >= 11 is 11.7. The molecule has 1 amide bonds. The summed E-state index contributed by atoms with van der Waals surface area (Å²) in [7, 11) is 0. The van der Waals surface area contributed by atoms with Crippen molar-refractivity contribution in [2.75, 3.05) is 6.54 Å². The van der Waals surface area contributed by atoms with E-state index in [4.69, 9.17) is 18.0 Å². The predicted octanol–water partition coefficient (Wildman–Crippen LogP) is 3.49. The van der Waals surface area contributed by atoms with Crippen molar-refractivity contribution in [3.63, 3.8) is 0 Å². The van der Waals surface area contributed by atoms with Gasteiger partial charge in [0.15, 0.2) is 0 Å². The highest BCUT2D eigenvalue weighted by Gasteiger charge is 2.32. The first-order chi connectivity index (χ1) is 8.97. The van der Waals surface area contributed by atoms with Gasteiger partial charge in [0.1, 0.15) is 0 Å². The molecular weight excluding hydrogens is 392 g/mol. The van der Waals surface area contributed by atoms with E-state index in [-0.39, 0.29) is 5.91 Å². The third-order valence-corrected chi connectivity index (χ3v) is 4.08. The molecule has 0 aliphatic heterocycles. The van der Waals surface area contributed by atoms with Crippen molar-refractivity contribution < 1.29 is 4.79 Å². The van der Waals surface area contributed by atoms with Crippen LogP contribution in [0.4, 0.5) is 0 Å². The van der Waals surface area contributed by atoms with Crippen molar-refractivity contribution >= 4 is 55.0 Å². The number of hydrogen-bond donors (Lipinski definition) is 1. The van der Waals surface area contributed by atoms with Crippen LogP contribution in [0.15, 0.2) is 27.1 Å². The molecule has 1 aliphatic rings. The first-order valence-electron chi connectivity index (χ1n) is 6.03. The van der Waals surface area contributed by atoms with Crippen molar-refractivity contribution in [3.05, 3.63) is 32.7 Å². The van der Waals surface area contributed by atoms with Gasteiger partial charge in [-0.3, -0.25) is 4.79 Å². The molecule has 1 aliphatic carbocycles. The number of hydrogen-bond acceptors (Lipinski definition) is 2. The Morgan fingerprint density at radius 1 is 1.32 bits per heavy atom.